The second-order valence-electron chi connectivity index (χ2n) is 3.19. The zero-order valence-corrected chi connectivity index (χ0v) is 7.63. The molecular formula is C6H12N4O5. The van der Waals surface area contributed by atoms with Gasteiger partial charge in [0.05, 0.1) is 12.6 Å². The molecule has 0 saturated carbocycles. The molecule has 9 nitrogen and oxygen atoms in total. The summed E-state index contributed by atoms with van der Waals surface area (Å²) in [7, 11) is 0. The van der Waals surface area contributed by atoms with E-state index in [0.29, 0.717) is 0 Å². The number of hydrogen-bond donors (Lipinski definition) is 5. The average Bonchev–Trinajstić information content (AvgIpc) is 2.21. The van der Waals surface area contributed by atoms with Crippen molar-refractivity contribution in [3.05, 3.63) is 10.4 Å². The van der Waals surface area contributed by atoms with Crippen molar-refractivity contribution in [3.63, 3.8) is 0 Å². The first-order chi connectivity index (χ1) is 6.96. The molecule has 1 aliphatic rings. The first-order valence-corrected chi connectivity index (χ1v) is 4.15. The van der Waals surface area contributed by atoms with Gasteiger partial charge in [-0.25, -0.2) is 0 Å². The van der Waals surface area contributed by atoms with Crippen LogP contribution in [0.1, 0.15) is 0 Å². The average molecular weight is 220 g/mol. The van der Waals surface area contributed by atoms with Crippen molar-refractivity contribution in [2.24, 2.45) is 10.8 Å². The molecule has 0 radical (unpaired) electrons. The fourth-order valence-corrected chi connectivity index (χ4v) is 1.33. The molecule has 5 atom stereocenters. The number of nitrogens with two attached hydrogens (primary N) is 1. The van der Waals surface area contributed by atoms with E-state index in [1.54, 1.807) is 0 Å². The minimum atomic E-state index is -2.47. The van der Waals surface area contributed by atoms with E-state index in [1.165, 1.54) is 0 Å². The van der Waals surface area contributed by atoms with Gasteiger partial charge in [-0.3, -0.25) is 0 Å². The minimum absolute atomic E-state index is 0.659. The Morgan fingerprint density at radius 3 is 2.53 bits per heavy atom. The number of azide groups is 1. The van der Waals surface area contributed by atoms with Crippen LogP contribution in [0.4, 0.5) is 0 Å². The maximum absolute atomic E-state index is 9.58. The summed E-state index contributed by atoms with van der Waals surface area (Å²) >= 11 is 0. The van der Waals surface area contributed by atoms with E-state index in [9.17, 15) is 15.3 Å². The smallest absolute Gasteiger partial charge is 0.265 e. The molecule has 9 heteroatoms. The molecule has 1 rings (SSSR count). The Morgan fingerprint density at radius 1 is 1.47 bits per heavy atom. The third kappa shape index (κ3) is 2.03. The summed E-state index contributed by atoms with van der Waals surface area (Å²) in [4.78, 5) is 2.31. The van der Waals surface area contributed by atoms with Gasteiger partial charge in [-0.05, 0) is 10.6 Å². The molecule has 1 heterocycles. The lowest BCUT2D eigenvalue weighted by molar-refractivity contribution is -0.310. The van der Waals surface area contributed by atoms with Gasteiger partial charge in [0, 0.05) is 4.91 Å². The van der Waals surface area contributed by atoms with E-state index < -0.39 is 36.9 Å². The standard InChI is InChI=1S/C6H12N4O5/c7-5-4(13)3(12)2(1-11)15-6(5,14)9-10-8/h2-5,11-14H,1,7H2/t2-,3-,4+,5-,6-/m1/s1. The molecule has 86 valence electrons. The Balaban J connectivity index is 2.97. The van der Waals surface area contributed by atoms with Crippen LogP contribution in [0.15, 0.2) is 5.11 Å². The molecule has 0 aromatic rings. The number of rotatable bonds is 2. The molecule has 6 N–H and O–H groups in total. The molecule has 0 spiro atoms. The van der Waals surface area contributed by atoms with Crippen molar-refractivity contribution in [1.82, 2.24) is 0 Å². The van der Waals surface area contributed by atoms with Crippen molar-refractivity contribution in [2.45, 2.75) is 30.3 Å². The van der Waals surface area contributed by atoms with Crippen molar-refractivity contribution >= 4 is 0 Å². The summed E-state index contributed by atoms with van der Waals surface area (Å²) in [6, 6.07) is -1.49. The molecule has 0 aromatic heterocycles. The van der Waals surface area contributed by atoms with E-state index in [1.807, 2.05) is 0 Å². The molecule has 0 amide bonds. The summed E-state index contributed by atoms with van der Waals surface area (Å²) in [5.41, 5.74) is 13.5. The highest BCUT2D eigenvalue weighted by Crippen LogP contribution is 2.27. The maximum Gasteiger partial charge on any atom is 0.265 e. The number of aliphatic hydroxyl groups excluding tert-OH is 3. The van der Waals surface area contributed by atoms with E-state index in [-0.39, 0.29) is 0 Å². The summed E-state index contributed by atoms with van der Waals surface area (Å²) in [6.07, 6.45) is -4.29. The van der Waals surface area contributed by atoms with Crippen LogP contribution < -0.4 is 5.73 Å². The lowest BCUT2D eigenvalue weighted by Gasteiger charge is -2.43. The molecule has 15 heavy (non-hydrogen) atoms. The number of nitrogens with zero attached hydrogens (tertiary/aromatic N) is 3. The molecule has 1 saturated heterocycles. The predicted octanol–water partition coefficient (Wildman–Crippen LogP) is -2.62. The lowest BCUT2D eigenvalue weighted by Crippen LogP contribution is -2.67. The summed E-state index contributed by atoms with van der Waals surface area (Å²) < 4.78 is 4.71. The van der Waals surface area contributed by atoms with Crippen LogP contribution in [0.3, 0.4) is 0 Å². The number of aliphatic hydroxyl groups is 4. The van der Waals surface area contributed by atoms with Crippen LogP contribution in [0.5, 0.6) is 0 Å². The zero-order chi connectivity index (χ0) is 11.6. The van der Waals surface area contributed by atoms with Gasteiger partial charge in [0.25, 0.3) is 5.91 Å². The molecule has 0 bridgehead atoms. The fraction of sp³-hybridized carbons (Fsp3) is 1.00. The Labute approximate surface area is 84.3 Å². The van der Waals surface area contributed by atoms with Crippen molar-refractivity contribution in [2.75, 3.05) is 6.61 Å². The van der Waals surface area contributed by atoms with Crippen molar-refractivity contribution < 1.29 is 25.2 Å². The van der Waals surface area contributed by atoms with Crippen LogP contribution in [-0.2, 0) is 4.74 Å². The first kappa shape index (κ1) is 12.1. The summed E-state index contributed by atoms with van der Waals surface area (Å²) in [5.74, 6) is -2.47. The molecule has 1 fully saturated rings. The minimum Gasteiger partial charge on any atom is -0.394 e. The van der Waals surface area contributed by atoms with Gasteiger partial charge in [-0.1, -0.05) is 0 Å². The van der Waals surface area contributed by atoms with Crippen molar-refractivity contribution in [1.29, 1.82) is 0 Å². The maximum atomic E-state index is 9.58. The first-order valence-electron chi connectivity index (χ1n) is 4.15. The highest BCUT2D eigenvalue weighted by atomic mass is 16.7. The second-order valence-corrected chi connectivity index (χ2v) is 3.19. The largest absolute Gasteiger partial charge is 0.394 e. The van der Waals surface area contributed by atoms with E-state index in [0.717, 1.165) is 0 Å². The zero-order valence-electron chi connectivity index (χ0n) is 7.63. The lowest BCUT2D eigenvalue weighted by atomic mass is 9.95. The fourth-order valence-electron chi connectivity index (χ4n) is 1.33. The van der Waals surface area contributed by atoms with Gasteiger partial charge >= 0.3 is 0 Å². The Hall–Kier alpha value is -0.930. The summed E-state index contributed by atoms with van der Waals surface area (Å²) in [6.45, 7) is -0.659. The van der Waals surface area contributed by atoms with Gasteiger partial charge < -0.3 is 30.9 Å². The van der Waals surface area contributed by atoms with E-state index >= 15 is 0 Å². The van der Waals surface area contributed by atoms with E-state index in [4.69, 9.17) is 21.1 Å². The second kappa shape index (κ2) is 4.29. The Bertz CT molecular complexity index is 281. The third-order valence-corrected chi connectivity index (χ3v) is 2.23. The highest BCUT2D eigenvalue weighted by Gasteiger charge is 2.51. The van der Waals surface area contributed by atoms with Crippen LogP contribution >= 0.6 is 0 Å². The van der Waals surface area contributed by atoms with Crippen LogP contribution in [0, 0.1) is 0 Å². The predicted molar refractivity (Wildman–Crippen MR) is 46.0 cm³/mol. The molecule has 0 aromatic carbocycles. The highest BCUT2D eigenvalue weighted by molar-refractivity contribution is 4.97. The van der Waals surface area contributed by atoms with E-state index in [2.05, 4.69) is 10.0 Å². The van der Waals surface area contributed by atoms with Gasteiger partial charge in [0.15, 0.2) is 0 Å². The number of hydrogen-bond acceptors (Lipinski definition) is 7. The Morgan fingerprint density at radius 2 is 2.07 bits per heavy atom. The van der Waals surface area contributed by atoms with Gasteiger partial charge in [0.2, 0.25) is 0 Å². The topological polar surface area (TPSA) is 165 Å². The van der Waals surface area contributed by atoms with Gasteiger partial charge in [-0.2, -0.15) is 0 Å². The number of ether oxygens (including phenoxy) is 1. The van der Waals surface area contributed by atoms with Gasteiger partial charge in [-0.15, -0.1) is 0 Å². The molecule has 1 aliphatic heterocycles. The van der Waals surface area contributed by atoms with Crippen molar-refractivity contribution in [3.8, 4) is 0 Å². The third-order valence-electron chi connectivity index (χ3n) is 2.23. The monoisotopic (exact) mass is 220 g/mol. The molecular weight excluding hydrogens is 208 g/mol. The van der Waals surface area contributed by atoms with Crippen LogP contribution in [0.2, 0.25) is 0 Å². The van der Waals surface area contributed by atoms with Crippen LogP contribution in [0.25, 0.3) is 10.4 Å². The normalized spacial score (nSPS) is 45.9. The molecule has 0 unspecified atom stereocenters. The van der Waals surface area contributed by atoms with Gasteiger partial charge in [0.1, 0.15) is 18.3 Å². The summed E-state index contributed by atoms with van der Waals surface area (Å²) in [5, 5.41) is 40.0. The molecule has 0 aliphatic carbocycles. The SMILES string of the molecule is [N-]=[N+]=N[C@]1(O)O[C@H](CO)[C@@H](O)[C@H](O)[C@H]1N. The quantitative estimate of drug-likeness (QED) is 0.194. The van der Waals surface area contributed by atoms with Crippen LogP contribution in [-0.4, -0.2) is 57.3 Å². The Kier molecular flexibility index (Phi) is 3.47.